The fourth-order valence-corrected chi connectivity index (χ4v) is 2.48. The van der Waals surface area contributed by atoms with Crippen molar-refractivity contribution in [2.45, 2.75) is 0 Å². The summed E-state index contributed by atoms with van der Waals surface area (Å²) in [6.07, 6.45) is 1.36. The Morgan fingerprint density at radius 3 is 1.48 bits per heavy atom. The maximum Gasteiger partial charge on any atom is 0.242 e. The Hall–Kier alpha value is -3.15. The molecule has 2 N–H and O–H groups in total. The molecule has 0 radical (unpaired) electrons. The second-order valence-electron chi connectivity index (χ2n) is 5.10. The van der Waals surface area contributed by atoms with Crippen LogP contribution >= 0.6 is 0 Å². The molecule has 0 aliphatic rings. The summed E-state index contributed by atoms with van der Waals surface area (Å²) in [7, 11) is 6.23. The molecule has 6 heteroatoms. The first-order valence-corrected chi connectivity index (χ1v) is 7.50. The molecule has 1 amide bonds. The molecule has 0 spiro atoms. The van der Waals surface area contributed by atoms with Gasteiger partial charge in [-0.05, 0) is 41.0 Å². The molecule has 25 heavy (non-hydrogen) atoms. The minimum absolute atomic E-state index is 0.552. The van der Waals surface area contributed by atoms with Crippen LogP contribution in [0.1, 0.15) is 11.1 Å². The predicted molar refractivity (Wildman–Crippen MR) is 95.4 cm³/mol. The van der Waals surface area contributed by atoms with E-state index in [2.05, 4.69) is 0 Å². The molecule has 0 aliphatic carbocycles. The van der Waals surface area contributed by atoms with Crippen molar-refractivity contribution in [3.63, 3.8) is 0 Å². The van der Waals surface area contributed by atoms with Gasteiger partial charge in [0.05, 0.1) is 28.4 Å². The first-order chi connectivity index (χ1) is 12.0. The van der Waals surface area contributed by atoms with Gasteiger partial charge >= 0.3 is 0 Å². The second kappa shape index (κ2) is 8.10. The SMILES string of the molecule is COc1ccc(C(=CC(N)=O)c2ccc(OC)c(OC)c2)cc1OC. The lowest BCUT2D eigenvalue weighted by molar-refractivity contribution is -0.113. The molecule has 0 bridgehead atoms. The molecule has 0 unspecified atom stereocenters. The van der Waals surface area contributed by atoms with Crippen LogP contribution in [0.25, 0.3) is 5.57 Å². The van der Waals surface area contributed by atoms with Crippen LogP contribution in [0.2, 0.25) is 0 Å². The number of amides is 1. The number of carbonyl (C=O) groups excluding carboxylic acids is 1. The summed E-state index contributed by atoms with van der Waals surface area (Å²) in [6.45, 7) is 0. The van der Waals surface area contributed by atoms with Crippen molar-refractivity contribution in [2.75, 3.05) is 28.4 Å². The van der Waals surface area contributed by atoms with Gasteiger partial charge in [-0.3, -0.25) is 4.79 Å². The van der Waals surface area contributed by atoms with Gasteiger partial charge in [0.25, 0.3) is 0 Å². The molecular weight excluding hydrogens is 322 g/mol. The van der Waals surface area contributed by atoms with E-state index in [0.29, 0.717) is 28.6 Å². The van der Waals surface area contributed by atoms with Crippen LogP contribution in [0.5, 0.6) is 23.0 Å². The first kappa shape index (κ1) is 18.2. The molecule has 0 saturated carbocycles. The Kier molecular flexibility index (Phi) is 5.89. The smallest absolute Gasteiger partial charge is 0.242 e. The number of ether oxygens (including phenoxy) is 4. The lowest BCUT2D eigenvalue weighted by atomic mass is 9.96. The third kappa shape index (κ3) is 4.03. The number of hydrogen-bond acceptors (Lipinski definition) is 5. The summed E-state index contributed by atoms with van der Waals surface area (Å²) >= 11 is 0. The minimum Gasteiger partial charge on any atom is -0.493 e. The minimum atomic E-state index is -0.556. The van der Waals surface area contributed by atoms with Gasteiger partial charge in [0, 0.05) is 6.08 Å². The Balaban J connectivity index is 2.60. The van der Waals surface area contributed by atoms with Crippen LogP contribution in [0, 0.1) is 0 Å². The van der Waals surface area contributed by atoms with Gasteiger partial charge < -0.3 is 24.7 Å². The number of carbonyl (C=O) groups is 1. The molecular formula is C19H21NO5. The van der Waals surface area contributed by atoms with E-state index in [-0.39, 0.29) is 0 Å². The summed E-state index contributed by atoms with van der Waals surface area (Å²) in [5.74, 6) is 1.74. The van der Waals surface area contributed by atoms with Crippen LogP contribution in [0.3, 0.4) is 0 Å². The normalized spacial score (nSPS) is 9.92. The maximum atomic E-state index is 11.5. The largest absolute Gasteiger partial charge is 0.493 e. The fourth-order valence-electron chi connectivity index (χ4n) is 2.48. The zero-order valence-corrected chi connectivity index (χ0v) is 14.7. The topological polar surface area (TPSA) is 80.0 Å². The number of primary amides is 1. The Labute approximate surface area is 146 Å². The molecule has 6 nitrogen and oxygen atoms in total. The van der Waals surface area contributed by atoms with Crippen molar-refractivity contribution in [1.29, 1.82) is 0 Å². The predicted octanol–water partition coefficient (Wildman–Crippen LogP) is 2.64. The second-order valence-corrected chi connectivity index (χ2v) is 5.10. The number of methoxy groups -OCH3 is 4. The number of benzene rings is 2. The van der Waals surface area contributed by atoms with E-state index in [1.165, 1.54) is 6.08 Å². The zero-order chi connectivity index (χ0) is 18.4. The van der Waals surface area contributed by atoms with E-state index in [9.17, 15) is 4.79 Å². The quantitative estimate of drug-likeness (QED) is 0.782. The Bertz CT molecular complexity index is 741. The van der Waals surface area contributed by atoms with Crippen molar-refractivity contribution in [3.8, 4) is 23.0 Å². The van der Waals surface area contributed by atoms with E-state index in [1.807, 2.05) is 12.1 Å². The number of nitrogens with two attached hydrogens (primary N) is 1. The summed E-state index contributed by atoms with van der Waals surface area (Å²) in [4.78, 5) is 11.5. The molecule has 2 aromatic rings. The van der Waals surface area contributed by atoms with E-state index in [4.69, 9.17) is 24.7 Å². The molecule has 0 fully saturated rings. The first-order valence-electron chi connectivity index (χ1n) is 7.50. The summed E-state index contributed by atoms with van der Waals surface area (Å²) in [6, 6.07) is 10.8. The summed E-state index contributed by atoms with van der Waals surface area (Å²) in [5, 5.41) is 0. The number of rotatable bonds is 7. The lowest BCUT2D eigenvalue weighted by Crippen LogP contribution is -2.08. The van der Waals surface area contributed by atoms with Crippen molar-refractivity contribution < 1.29 is 23.7 Å². The molecule has 2 aromatic carbocycles. The molecule has 0 heterocycles. The molecule has 0 aromatic heterocycles. The average Bonchev–Trinajstić information content (AvgIpc) is 2.64. The van der Waals surface area contributed by atoms with Crippen molar-refractivity contribution >= 4 is 11.5 Å². The van der Waals surface area contributed by atoms with Crippen LogP contribution in [0.4, 0.5) is 0 Å². The molecule has 0 aliphatic heterocycles. The highest BCUT2D eigenvalue weighted by Gasteiger charge is 2.13. The average molecular weight is 343 g/mol. The summed E-state index contributed by atoms with van der Waals surface area (Å²) in [5.41, 5.74) is 7.53. The van der Waals surface area contributed by atoms with E-state index >= 15 is 0 Å². The van der Waals surface area contributed by atoms with Gasteiger partial charge in [0.1, 0.15) is 0 Å². The van der Waals surface area contributed by atoms with Gasteiger partial charge in [-0.1, -0.05) is 12.1 Å². The standard InChI is InChI=1S/C19H21NO5/c1-22-15-7-5-12(9-17(15)24-3)14(11-19(20)21)13-6-8-16(23-2)18(10-13)25-4/h5-11H,1-4H3,(H2,20,21). The third-order valence-corrected chi connectivity index (χ3v) is 3.68. The van der Waals surface area contributed by atoms with Gasteiger partial charge in [-0.15, -0.1) is 0 Å². The van der Waals surface area contributed by atoms with Crippen LogP contribution in [-0.4, -0.2) is 34.3 Å². The molecule has 0 saturated heterocycles. The maximum absolute atomic E-state index is 11.5. The zero-order valence-electron chi connectivity index (χ0n) is 14.7. The van der Waals surface area contributed by atoms with E-state index in [1.54, 1.807) is 52.7 Å². The molecule has 132 valence electrons. The van der Waals surface area contributed by atoms with Gasteiger partial charge in [-0.25, -0.2) is 0 Å². The highest BCUT2D eigenvalue weighted by molar-refractivity contribution is 5.98. The van der Waals surface area contributed by atoms with Crippen molar-refractivity contribution in [2.24, 2.45) is 5.73 Å². The van der Waals surface area contributed by atoms with Crippen molar-refractivity contribution in [1.82, 2.24) is 0 Å². The fraction of sp³-hybridized carbons (Fsp3) is 0.211. The number of hydrogen-bond donors (Lipinski definition) is 1. The van der Waals surface area contributed by atoms with Crippen molar-refractivity contribution in [3.05, 3.63) is 53.6 Å². The third-order valence-electron chi connectivity index (χ3n) is 3.68. The van der Waals surface area contributed by atoms with Gasteiger partial charge in [0.2, 0.25) is 5.91 Å². The van der Waals surface area contributed by atoms with Gasteiger partial charge in [-0.2, -0.15) is 0 Å². The van der Waals surface area contributed by atoms with Crippen LogP contribution < -0.4 is 24.7 Å². The summed E-state index contributed by atoms with van der Waals surface area (Å²) < 4.78 is 21.2. The highest BCUT2D eigenvalue weighted by Crippen LogP contribution is 2.36. The Morgan fingerprint density at radius 1 is 0.760 bits per heavy atom. The monoisotopic (exact) mass is 343 g/mol. The van der Waals surface area contributed by atoms with Crippen LogP contribution in [0.15, 0.2) is 42.5 Å². The van der Waals surface area contributed by atoms with Gasteiger partial charge in [0.15, 0.2) is 23.0 Å². The van der Waals surface area contributed by atoms with E-state index < -0.39 is 5.91 Å². The molecule has 2 rings (SSSR count). The van der Waals surface area contributed by atoms with Crippen LogP contribution in [-0.2, 0) is 4.79 Å². The Morgan fingerprint density at radius 2 is 1.16 bits per heavy atom. The van der Waals surface area contributed by atoms with E-state index in [0.717, 1.165) is 11.1 Å². The highest BCUT2D eigenvalue weighted by atomic mass is 16.5. The lowest BCUT2D eigenvalue weighted by Gasteiger charge is -2.14. The molecule has 0 atom stereocenters.